The first-order valence-electron chi connectivity index (χ1n) is 7.06. The van der Waals surface area contributed by atoms with E-state index in [4.69, 9.17) is 0 Å². The fraction of sp³-hybridized carbons (Fsp3) is 0.467. The Balaban J connectivity index is 1.95. The molecule has 0 spiro atoms. The van der Waals surface area contributed by atoms with Crippen molar-refractivity contribution >= 4 is 33.2 Å². The molecule has 6 heteroatoms. The van der Waals surface area contributed by atoms with Crippen molar-refractivity contribution in [2.24, 2.45) is 11.0 Å². The third-order valence-electron chi connectivity index (χ3n) is 3.69. The number of fused-ring (bicyclic) bond motifs is 1. The Morgan fingerprint density at radius 2 is 2.00 bits per heavy atom. The van der Waals surface area contributed by atoms with Crippen molar-refractivity contribution in [1.82, 2.24) is 15.4 Å². The van der Waals surface area contributed by atoms with Gasteiger partial charge in [0.15, 0.2) is 0 Å². The minimum Gasteiger partial charge on any atom is -0.273 e. The van der Waals surface area contributed by atoms with E-state index in [2.05, 4.69) is 27.4 Å². The van der Waals surface area contributed by atoms with Crippen LogP contribution >= 0.6 is 11.3 Å². The zero-order chi connectivity index (χ0) is 15.1. The highest BCUT2D eigenvalue weighted by Gasteiger charge is 2.29. The maximum atomic E-state index is 11.7. The maximum Gasteiger partial charge on any atom is 0.243 e. The number of carbonyl (C=O) groups is 1. The predicted octanol–water partition coefficient (Wildman–Crippen LogP) is 2.87. The first-order chi connectivity index (χ1) is 9.97. The summed E-state index contributed by atoms with van der Waals surface area (Å²) in [6.07, 6.45) is 1.97. The first kappa shape index (κ1) is 14.1. The second-order valence-electron chi connectivity index (χ2n) is 5.54. The number of amides is 1. The SMILES string of the molecule is C/C(=N\NC(=O)C1CC1)c1sc2nc(C)nc(C)c2c1C. The van der Waals surface area contributed by atoms with Crippen LogP contribution in [0.1, 0.15) is 41.7 Å². The van der Waals surface area contributed by atoms with Gasteiger partial charge in [-0.25, -0.2) is 15.4 Å². The minimum absolute atomic E-state index is 0.0277. The van der Waals surface area contributed by atoms with Gasteiger partial charge in [0, 0.05) is 17.0 Å². The van der Waals surface area contributed by atoms with Crippen molar-refractivity contribution in [2.45, 2.75) is 40.5 Å². The molecule has 0 radical (unpaired) electrons. The molecule has 0 bridgehead atoms. The molecule has 1 saturated carbocycles. The molecule has 21 heavy (non-hydrogen) atoms. The van der Waals surface area contributed by atoms with Gasteiger partial charge in [-0.05, 0) is 46.1 Å². The number of rotatable bonds is 3. The summed E-state index contributed by atoms with van der Waals surface area (Å²) in [4.78, 5) is 22.6. The number of nitrogens with zero attached hydrogens (tertiary/aromatic N) is 3. The molecule has 0 unspecified atom stereocenters. The fourth-order valence-corrected chi connectivity index (χ4v) is 3.67. The van der Waals surface area contributed by atoms with Gasteiger partial charge in [0.2, 0.25) is 5.91 Å². The summed E-state index contributed by atoms with van der Waals surface area (Å²) < 4.78 is 0. The Kier molecular flexibility index (Phi) is 3.49. The summed E-state index contributed by atoms with van der Waals surface area (Å²) in [6.45, 7) is 7.88. The third-order valence-corrected chi connectivity index (χ3v) is 4.99. The number of nitrogens with one attached hydrogen (secondary N) is 1. The molecular formula is C15H18N4OS. The lowest BCUT2D eigenvalue weighted by Gasteiger charge is -2.01. The van der Waals surface area contributed by atoms with Gasteiger partial charge in [0.25, 0.3) is 0 Å². The van der Waals surface area contributed by atoms with Crippen molar-refractivity contribution in [3.05, 3.63) is 22.0 Å². The second kappa shape index (κ2) is 5.18. The standard InChI is InChI=1S/C15H18N4OS/c1-7-12-8(2)16-10(4)17-15(12)21-13(7)9(3)18-19-14(20)11-5-6-11/h11H,5-6H2,1-4H3,(H,19,20)/b18-9+. The Bertz CT molecular complexity index is 759. The molecule has 1 fully saturated rings. The first-order valence-corrected chi connectivity index (χ1v) is 7.88. The van der Waals surface area contributed by atoms with Gasteiger partial charge in [0.05, 0.1) is 10.6 Å². The van der Waals surface area contributed by atoms with Crippen molar-refractivity contribution in [1.29, 1.82) is 0 Å². The molecule has 5 nitrogen and oxygen atoms in total. The molecule has 2 aromatic heterocycles. The van der Waals surface area contributed by atoms with Gasteiger partial charge < -0.3 is 0 Å². The predicted molar refractivity (Wildman–Crippen MR) is 84.7 cm³/mol. The van der Waals surface area contributed by atoms with Crippen LogP contribution in [-0.2, 0) is 4.79 Å². The third kappa shape index (κ3) is 2.68. The van der Waals surface area contributed by atoms with Gasteiger partial charge in [-0.2, -0.15) is 5.10 Å². The Labute approximate surface area is 127 Å². The molecule has 2 aromatic rings. The number of aromatic nitrogens is 2. The molecule has 0 aliphatic heterocycles. The van der Waals surface area contributed by atoms with E-state index in [1.54, 1.807) is 11.3 Å². The largest absolute Gasteiger partial charge is 0.273 e. The summed E-state index contributed by atoms with van der Waals surface area (Å²) in [5.41, 5.74) is 5.61. The molecule has 1 aliphatic rings. The van der Waals surface area contributed by atoms with Crippen LogP contribution in [0.4, 0.5) is 0 Å². The van der Waals surface area contributed by atoms with E-state index in [1.807, 2.05) is 20.8 Å². The lowest BCUT2D eigenvalue weighted by Crippen LogP contribution is -2.20. The van der Waals surface area contributed by atoms with E-state index >= 15 is 0 Å². The number of hydrogen-bond donors (Lipinski definition) is 1. The summed E-state index contributed by atoms with van der Waals surface area (Å²) in [5, 5.41) is 5.34. The van der Waals surface area contributed by atoms with Crippen LogP contribution in [0, 0.1) is 26.7 Å². The number of carbonyl (C=O) groups excluding carboxylic acids is 1. The zero-order valence-electron chi connectivity index (χ0n) is 12.6. The van der Waals surface area contributed by atoms with Crippen molar-refractivity contribution < 1.29 is 4.79 Å². The quantitative estimate of drug-likeness (QED) is 0.700. The van der Waals surface area contributed by atoms with Crippen molar-refractivity contribution in [2.75, 3.05) is 0 Å². The molecule has 0 aromatic carbocycles. The fourth-order valence-electron chi connectivity index (χ4n) is 2.45. The second-order valence-corrected chi connectivity index (χ2v) is 6.54. The smallest absolute Gasteiger partial charge is 0.243 e. The van der Waals surface area contributed by atoms with E-state index < -0.39 is 0 Å². The Morgan fingerprint density at radius 3 is 2.67 bits per heavy atom. The van der Waals surface area contributed by atoms with E-state index in [9.17, 15) is 4.79 Å². The summed E-state index contributed by atoms with van der Waals surface area (Å²) in [7, 11) is 0. The highest BCUT2D eigenvalue weighted by molar-refractivity contribution is 7.20. The molecule has 0 atom stereocenters. The highest BCUT2D eigenvalue weighted by atomic mass is 32.1. The van der Waals surface area contributed by atoms with Crippen LogP contribution in [0.3, 0.4) is 0 Å². The van der Waals surface area contributed by atoms with Crippen LogP contribution in [0.15, 0.2) is 5.10 Å². The minimum atomic E-state index is 0.0277. The highest BCUT2D eigenvalue weighted by Crippen LogP contribution is 2.32. The molecule has 110 valence electrons. The van der Waals surface area contributed by atoms with Gasteiger partial charge in [-0.1, -0.05) is 0 Å². The van der Waals surface area contributed by atoms with Crippen LogP contribution in [0.25, 0.3) is 10.2 Å². The normalized spacial score (nSPS) is 15.5. The zero-order valence-corrected chi connectivity index (χ0v) is 13.5. The van der Waals surface area contributed by atoms with Gasteiger partial charge in [0.1, 0.15) is 10.7 Å². The van der Waals surface area contributed by atoms with E-state index in [1.165, 1.54) is 0 Å². The summed E-state index contributed by atoms with van der Waals surface area (Å²) >= 11 is 1.60. The number of thiophene rings is 1. The molecule has 2 heterocycles. The number of hydrogen-bond acceptors (Lipinski definition) is 5. The van der Waals surface area contributed by atoms with E-state index in [-0.39, 0.29) is 11.8 Å². The molecule has 3 rings (SSSR count). The monoisotopic (exact) mass is 302 g/mol. The van der Waals surface area contributed by atoms with Gasteiger partial charge in [-0.3, -0.25) is 4.79 Å². The summed E-state index contributed by atoms with van der Waals surface area (Å²) in [5.74, 6) is 0.977. The molecular weight excluding hydrogens is 284 g/mol. The Morgan fingerprint density at radius 1 is 1.29 bits per heavy atom. The topological polar surface area (TPSA) is 67.2 Å². The Hall–Kier alpha value is -1.82. The van der Waals surface area contributed by atoms with Crippen LogP contribution in [0.5, 0.6) is 0 Å². The van der Waals surface area contributed by atoms with Crippen LogP contribution in [-0.4, -0.2) is 21.6 Å². The molecule has 1 N–H and O–H groups in total. The number of hydrazone groups is 1. The average Bonchev–Trinajstić information content (AvgIpc) is 3.20. The van der Waals surface area contributed by atoms with E-state index in [0.29, 0.717) is 0 Å². The lowest BCUT2D eigenvalue weighted by molar-refractivity contribution is -0.122. The maximum absolute atomic E-state index is 11.7. The van der Waals surface area contributed by atoms with Crippen LogP contribution in [0.2, 0.25) is 0 Å². The number of aryl methyl sites for hydroxylation is 3. The van der Waals surface area contributed by atoms with Gasteiger partial charge >= 0.3 is 0 Å². The molecule has 1 aliphatic carbocycles. The van der Waals surface area contributed by atoms with Gasteiger partial charge in [-0.15, -0.1) is 11.3 Å². The lowest BCUT2D eigenvalue weighted by atomic mass is 10.1. The summed E-state index contributed by atoms with van der Waals surface area (Å²) in [6, 6.07) is 0. The average molecular weight is 302 g/mol. The van der Waals surface area contributed by atoms with Crippen molar-refractivity contribution in [3.63, 3.8) is 0 Å². The van der Waals surface area contributed by atoms with E-state index in [0.717, 1.165) is 50.7 Å². The van der Waals surface area contributed by atoms with Crippen molar-refractivity contribution in [3.8, 4) is 0 Å². The van der Waals surface area contributed by atoms with Crippen LogP contribution < -0.4 is 5.43 Å². The molecule has 1 amide bonds. The molecule has 0 saturated heterocycles.